The van der Waals surface area contributed by atoms with Crippen molar-refractivity contribution in [2.75, 3.05) is 0 Å². The number of rotatable bonds is 3. The van der Waals surface area contributed by atoms with Crippen molar-refractivity contribution in [2.45, 2.75) is 0 Å². The molecule has 0 aromatic heterocycles. The van der Waals surface area contributed by atoms with Crippen LogP contribution in [-0.4, -0.2) is 11.1 Å². The lowest BCUT2D eigenvalue weighted by Gasteiger charge is -2.05. The normalized spacial score (nSPS) is 10.2. The minimum absolute atomic E-state index is 0.178. The molecule has 2 rings (SSSR count). The molecule has 0 aliphatic heterocycles. The summed E-state index contributed by atoms with van der Waals surface area (Å²) in [4.78, 5) is 21.4. The molecule has 1 N–H and O–H groups in total. The van der Waals surface area contributed by atoms with Crippen molar-refractivity contribution < 1.29 is 18.7 Å². The number of nitroso groups, excluding NO2 is 1. The lowest BCUT2D eigenvalue weighted by molar-refractivity contribution is 0.0698. The average Bonchev–Trinajstić information content (AvgIpc) is 2.36. The summed E-state index contributed by atoms with van der Waals surface area (Å²) in [6.45, 7) is 0. The van der Waals surface area contributed by atoms with Crippen LogP contribution in [0.2, 0.25) is 0 Å². The van der Waals surface area contributed by atoms with E-state index in [1.54, 1.807) is 0 Å². The van der Waals surface area contributed by atoms with Gasteiger partial charge in [0.05, 0.1) is 5.56 Å². The van der Waals surface area contributed by atoms with Gasteiger partial charge in [-0.3, -0.25) is 0 Å². The molecule has 0 unspecified atom stereocenters. The number of nitrogens with zero attached hydrogens (tertiary/aromatic N) is 1. The largest absolute Gasteiger partial charge is 0.478 e. The molecule has 4 nitrogen and oxygen atoms in total. The Morgan fingerprint density at radius 1 is 1.00 bits per heavy atom. The third-order valence-electron chi connectivity index (χ3n) is 2.52. The van der Waals surface area contributed by atoms with Gasteiger partial charge >= 0.3 is 5.97 Å². The Morgan fingerprint density at radius 3 is 2.16 bits per heavy atom. The van der Waals surface area contributed by atoms with Crippen LogP contribution in [0.4, 0.5) is 14.5 Å². The van der Waals surface area contributed by atoms with Crippen LogP contribution in [0.5, 0.6) is 0 Å². The molecule has 19 heavy (non-hydrogen) atoms. The fourth-order valence-corrected chi connectivity index (χ4v) is 1.69. The van der Waals surface area contributed by atoms with Gasteiger partial charge in [-0.15, -0.1) is 4.91 Å². The molecule has 0 aliphatic rings. The Kier molecular flexibility index (Phi) is 3.33. The highest BCUT2D eigenvalue weighted by Gasteiger charge is 2.13. The van der Waals surface area contributed by atoms with Gasteiger partial charge in [0.2, 0.25) is 0 Å². The number of benzene rings is 2. The van der Waals surface area contributed by atoms with E-state index >= 15 is 0 Å². The van der Waals surface area contributed by atoms with E-state index in [-0.39, 0.29) is 22.4 Å². The highest BCUT2D eigenvalue weighted by Crippen LogP contribution is 2.28. The van der Waals surface area contributed by atoms with Crippen LogP contribution in [0.25, 0.3) is 11.1 Å². The van der Waals surface area contributed by atoms with E-state index in [0.717, 1.165) is 18.2 Å². The Labute approximate surface area is 106 Å². The minimum atomic E-state index is -1.34. The monoisotopic (exact) mass is 263 g/mol. The van der Waals surface area contributed by atoms with Crippen LogP contribution in [-0.2, 0) is 0 Å². The van der Waals surface area contributed by atoms with E-state index in [1.807, 2.05) is 0 Å². The summed E-state index contributed by atoms with van der Waals surface area (Å²) in [5.74, 6) is -2.89. The molecule has 0 atom stereocenters. The van der Waals surface area contributed by atoms with E-state index in [4.69, 9.17) is 5.11 Å². The summed E-state index contributed by atoms with van der Waals surface area (Å²) < 4.78 is 26.2. The average molecular weight is 263 g/mol. The molecule has 96 valence electrons. The summed E-state index contributed by atoms with van der Waals surface area (Å²) in [6, 6.07) is 6.55. The lowest BCUT2D eigenvalue weighted by Crippen LogP contribution is -1.97. The quantitative estimate of drug-likeness (QED) is 0.858. The number of aromatic carboxylic acids is 1. The smallest absolute Gasteiger partial charge is 0.338 e. The number of halogens is 2. The predicted molar refractivity (Wildman–Crippen MR) is 64.2 cm³/mol. The molecule has 0 amide bonds. The van der Waals surface area contributed by atoms with Gasteiger partial charge in [0, 0.05) is 6.07 Å². The first-order valence-corrected chi connectivity index (χ1v) is 5.18. The second-order valence-electron chi connectivity index (χ2n) is 3.79. The molecular formula is C13H7F2NO3. The maximum absolute atomic E-state index is 13.1. The summed E-state index contributed by atoms with van der Waals surface area (Å²) in [5.41, 5.74) is -0.106. The molecule has 0 bridgehead atoms. The van der Waals surface area contributed by atoms with Gasteiger partial charge in [0.1, 0.15) is 17.3 Å². The van der Waals surface area contributed by atoms with Crippen molar-refractivity contribution in [3.63, 3.8) is 0 Å². The minimum Gasteiger partial charge on any atom is -0.478 e. The zero-order valence-corrected chi connectivity index (χ0v) is 9.43. The summed E-state index contributed by atoms with van der Waals surface area (Å²) in [6.07, 6.45) is 0. The van der Waals surface area contributed by atoms with Gasteiger partial charge in [-0.2, -0.15) is 0 Å². The highest BCUT2D eigenvalue weighted by molar-refractivity contribution is 5.95. The second-order valence-corrected chi connectivity index (χ2v) is 3.79. The molecule has 0 saturated carbocycles. The Balaban J connectivity index is 2.60. The van der Waals surface area contributed by atoms with Crippen molar-refractivity contribution in [3.8, 4) is 11.1 Å². The number of carboxylic acid groups (broad SMARTS) is 1. The second kappa shape index (κ2) is 4.93. The van der Waals surface area contributed by atoms with E-state index < -0.39 is 17.6 Å². The fourth-order valence-electron chi connectivity index (χ4n) is 1.69. The van der Waals surface area contributed by atoms with Crippen LogP contribution in [0.3, 0.4) is 0 Å². The topological polar surface area (TPSA) is 66.7 Å². The molecule has 0 saturated heterocycles. The molecule has 0 radical (unpaired) electrons. The van der Waals surface area contributed by atoms with Crippen LogP contribution >= 0.6 is 0 Å². The number of hydrogen-bond acceptors (Lipinski definition) is 3. The van der Waals surface area contributed by atoms with Crippen LogP contribution < -0.4 is 0 Å². The van der Waals surface area contributed by atoms with Crippen molar-refractivity contribution in [1.82, 2.24) is 0 Å². The van der Waals surface area contributed by atoms with Crippen molar-refractivity contribution in [3.05, 3.63) is 58.5 Å². The first-order chi connectivity index (χ1) is 9.01. The molecule has 0 aliphatic carbocycles. The van der Waals surface area contributed by atoms with Crippen LogP contribution in [0.1, 0.15) is 10.4 Å². The van der Waals surface area contributed by atoms with Crippen LogP contribution in [0, 0.1) is 16.5 Å². The SMILES string of the molecule is O=Nc1ccc(-c2cc(F)cc(F)c2)cc1C(=O)O. The van der Waals surface area contributed by atoms with Crippen LogP contribution in [0.15, 0.2) is 41.6 Å². The molecule has 2 aromatic carbocycles. The molecule has 0 fully saturated rings. The highest BCUT2D eigenvalue weighted by atomic mass is 19.1. The zero-order chi connectivity index (χ0) is 14.0. The first-order valence-electron chi connectivity index (χ1n) is 5.18. The van der Waals surface area contributed by atoms with Crippen molar-refractivity contribution in [2.24, 2.45) is 5.18 Å². The van der Waals surface area contributed by atoms with Crippen molar-refractivity contribution >= 4 is 11.7 Å². The standard InChI is InChI=1S/C13H7F2NO3/c14-9-3-8(4-10(15)6-9)7-1-2-12(16-19)11(5-7)13(17)18/h1-6H,(H,17,18). The maximum Gasteiger partial charge on any atom is 0.338 e. The van der Waals surface area contributed by atoms with E-state index in [0.29, 0.717) is 6.07 Å². The van der Waals surface area contributed by atoms with E-state index in [2.05, 4.69) is 5.18 Å². The lowest BCUT2D eigenvalue weighted by atomic mass is 10.0. The Bertz CT molecular complexity index is 651. The zero-order valence-electron chi connectivity index (χ0n) is 9.43. The van der Waals surface area contributed by atoms with Gasteiger partial charge in [-0.1, -0.05) is 6.07 Å². The van der Waals surface area contributed by atoms with E-state index in [9.17, 15) is 18.5 Å². The van der Waals surface area contributed by atoms with Gasteiger partial charge in [0.15, 0.2) is 0 Å². The summed E-state index contributed by atoms with van der Waals surface area (Å²) in [5, 5.41) is 11.5. The number of carbonyl (C=O) groups is 1. The Hall–Kier alpha value is -2.63. The number of carboxylic acids is 1. The fraction of sp³-hybridized carbons (Fsp3) is 0. The first kappa shape index (κ1) is 12.8. The molecule has 0 heterocycles. The summed E-state index contributed by atoms with van der Waals surface area (Å²) in [7, 11) is 0. The molecule has 6 heteroatoms. The molecule has 0 spiro atoms. The Morgan fingerprint density at radius 2 is 1.63 bits per heavy atom. The van der Waals surface area contributed by atoms with Gasteiger partial charge < -0.3 is 5.11 Å². The summed E-state index contributed by atoms with van der Waals surface area (Å²) >= 11 is 0. The van der Waals surface area contributed by atoms with Crippen molar-refractivity contribution in [1.29, 1.82) is 0 Å². The van der Waals surface area contributed by atoms with E-state index in [1.165, 1.54) is 12.1 Å². The maximum atomic E-state index is 13.1. The van der Waals surface area contributed by atoms with Gasteiger partial charge in [0.25, 0.3) is 0 Å². The molecule has 2 aromatic rings. The molecular weight excluding hydrogens is 256 g/mol. The third-order valence-corrected chi connectivity index (χ3v) is 2.52. The number of hydrogen-bond donors (Lipinski definition) is 1. The predicted octanol–water partition coefficient (Wildman–Crippen LogP) is 3.73. The van der Waals surface area contributed by atoms with Gasteiger partial charge in [-0.05, 0) is 40.6 Å². The third kappa shape index (κ3) is 2.62. The van der Waals surface area contributed by atoms with Gasteiger partial charge in [-0.25, -0.2) is 13.6 Å².